The predicted octanol–water partition coefficient (Wildman–Crippen LogP) is 1.51. The molecule has 0 saturated heterocycles. The minimum absolute atomic E-state index is 0.0957. The number of carbonyl (C=O) groups is 1. The lowest BCUT2D eigenvalue weighted by Gasteiger charge is -2.24. The summed E-state index contributed by atoms with van der Waals surface area (Å²) in [6.07, 6.45) is 2.02. The molecule has 1 atom stereocenters. The molecule has 4 heteroatoms. The minimum atomic E-state index is 0.0957. The van der Waals surface area contributed by atoms with E-state index in [4.69, 9.17) is 4.74 Å². The molecule has 0 fully saturated rings. The Hall–Kier alpha value is -0.610. The molecule has 0 heterocycles. The molecule has 0 radical (unpaired) electrons. The Labute approximate surface area is 106 Å². The van der Waals surface area contributed by atoms with E-state index in [0.717, 1.165) is 32.5 Å². The van der Waals surface area contributed by atoms with Gasteiger partial charge in [-0.1, -0.05) is 20.8 Å². The standard InChI is InChI=1S/C13H28N2O2/c1-5-9-15(7-3)11-12(6-2)13(16)14-8-10-17-4/h12H,5-11H2,1-4H3,(H,14,16). The molecule has 1 amide bonds. The number of carbonyl (C=O) groups excluding carboxylic acids is 1. The molecular weight excluding hydrogens is 216 g/mol. The molecule has 102 valence electrons. The first-order chi connectivity index (χ1) is 8.19. The van der Waals surface area contributed by atoms with Crippen LogP contribution in [0.2, 0.25) is 0 Å². The number of nitrogens with zero attached hydrogens (tertiary/aromatic N) is 1. The van der Waals surface area contributed by atoms with Gasteiger partial charge in [-0.05, 0) is 25.9 Å². The molecule has 0 rings (SSSR count). The first-order valence-corrected chi connectivity index (χ1v) is 6.68. The Morgan fingerprint density at radius 1 is 1.35 bits per heavy atom. The van der Waals surface area contributed by atoms with E-state index >= 15 is 0 Å². The number of ether oxygens (including phenoxy) is 1. The van der Waals surface area contributed by atoms with E-state index in [2.05, 4.69) is 31.0 Å². The van der Waals surface area contributed by atoms with Crippen LogP contribution in [0, 0.1) is 5.92 Å². The molecular formula is C13H28N2O2. The van der Waals surface area contributed by atoms with Crippen molar-refractivity contribution >= 4 is 5.91 Å². The SMILES string of the molecule is CCCN(CC)CC(CC)C(=O)NCCOC. The van der Waals surface area contributed by atoms with Gasteiger partial charge in [-0.15, -0.1) is 0 Å². The van der Waals surface area contributed by atoms with Crippen molar-refractivity contribution in [2.24, 2.45) is 5.92 Å². The van der Waals surface area contributed by atoms with E-state index in [9.17, 15) is 4.79 Å². The fourth-order valence-electron chi connectivity index (χ4n) is 1.82. The van der Waals surface area contributed by atoms with Crippen molar-refractivity contribution in [3.63, 3.8) is 0 Å². The number of nitrogens with one attached hydrogen (secondary N) is 1. The van der Waals surface area contributed by atoms with E-state index < -0.39 is 0 Å². The van der Waals surface area contributed by atoms with Gasteiger partial charge in [0.2, 0.25) is 5.91 Å². The second kappa shape index (κ2) is 10.5. The van der Waals surface area contributed by atoms with Crippen LogP contribution in [-0.2, 0) is 9.53 Å². The summed E-state index contributed by atoms with van der Waals surface area (Å²) in [7, 11) is 1.64. The van der Waals surface area contributed by atoms with Crippen molar-refractivity contribution in [3.8, 4) is 0 Å². The molecule has 0 aromatic heterocycles. The lowest BCUT2D eigenvalue weighted by atomic mass is 10.0. The number of rotatable bonds is 10. The maximum absolute atomic E-state index is 11.9. The third-order valence-corrected chi connectivity index (χ3v) is 2.93. The summed E-state index contributed by atoms with van der Waals surface area (Å²) in [6, 6.07) is 0. The van der Waals surface area contributed by atoms with Crippen molar-refractivity contribution in [2.75, 3.05) is 39.9 Å². The maximum atomic E-state index is 11.9. The first kappa shape index (κ1) is 16.4. The highest BCUT2D eigenvalue weighted by Gasteiger charge is 2.18. The molecule has 0 aromatic carbocycles. The second-order valence-electron chi connectivity index (χ2n) is 4.28. The molecule has 4 nitrogen and oxygen atoms in total. The molecule has 0 bridgehead atoms. The van der Waals surface area contributed by atoms with Crippen LogP contribution < -0.4 is 5.32 Å². The normalized spacial score (nSPS) is 12.8. The Kier molecular flexibility index (Phi) is 10.2. The summed E-state index contributed by atoms with van der Waals surface area (Å²) in [6.45, 7) is 10.5. The van der Waals surface area contributed by atoms with Crippen molar-refractivity contribution in [1.82, 2.24) is 10.2 Å². The fourth-order valence-corrected chi connectivity index (χ4v) is 1.82. The molecule has 17 heavy (non-hydrogen) atoms. The maximum Gasteiger partial charge on any atom is 0.224 e. The van der Waals surface area contributed by atoms with Crippen LogP contribution in [0.4, 0.5) is 0 Å². The van der Waals surface area contributed by atoms with Gasteiger partial charge in [0.1, 0.15) is 0 Å². The Balaban J connectivity index is 4.06. The highest BCUT2D eigenvalue weighted by atomic mass is 16.5. The Bertz CT molecular complexity index is 198. The Morgan fingerprint density at radius 2 is 2.06 bits per heavy atom. The molecule has 0 aliphatic carbocycles. The van der Waals surface area contributed by atoms with Gasteiger partial charge < -0.3 is 15.0 Å². The number of hydrogen-bond acceptors (Lipinski definition) is 3. The molecule has 1 unspecified atom stereocenters. The number of amides is 1. The molecule has 0 saturated carbocycles. The summed E-state index contributed by atoms with van der Waals surface area (Å²) in [5.74, 6) is 0.248. The zero-order valence-corrected chi connectivity index (χ0v) is 11.8. The van der Waals surface area contributed by atoms with Crippen molar-refractivity contribution in [1.29, 1.82) is 0 Å². The zero-order valence-electron chi connectivity index (χ0n) is 11.8. The summed E-state index contributed by atoms with van der Waals surface area (Å²) in [4.78, 5) is 14.2. The zero-order chi connectivity index (χ0) is 13.1. The van der Waals surface area contributed by atoms with Crippen LogP contribution in [0.25, 0.3) is 0 Å². The molecule has 1 N–H and O–H groups in total. The molecule has 0 spiro atoms. The molecule has 0 aliphatic heterocycles. The predicted molar refractivity (Wildman–Crippen MR) is 71.1 cm³/mol. The molecule has 0 aromatic rings. The Morgan fingerprint density at radius 3 is 2.53 bits per heavy atom. The summed E-state index contributed by atoms with van der Waals surface area (Å²) in [5, 5.41) is 2.92. The summed E-state index contributed by atoms with van der Waals surface area (Å²) in [5.41, 5.74) is 0. The van der Waals surface area contributed by atoms with Gasteiger partial charge in [-0.2, -0.15) is 0 Å². The topological polar surface area (TPSA) is 41.6 Å². The number of methoxy groups -OCH3 is 1. The smallest absolute Gasteiger partial charge is 0.224 e. The number of hydrogen-bond donors (Lipinski definition) is 1. The van der Waals surface area contributed by atoms with Gasteiger partial charge in [-0.25, -0.2) is 0 Å². The minimum Gasteiger partial charge on any atom is -0.383 e. The molecule has 0 aliphatic rings. The van der Waals surface area contributed by atoms with Gasteiger partial charge in [0, 0.05) is 20.2 Å². The quantitative estimate of drug-likeness (QED) is 0.592. The lowest BCUT2D eigenvalue weighted by Crippen LogP contribution is -2.40. The van der Waals surface area contributed by atoms with Crippen LogP contribution in [0.5, 0.6) is 0 Å². The van der Waals surface area contributed by atoms with Crippen molar-refractivity contribution in [3.05, 3.63) is 0 Å². The highest BCUT2D eigenvalue weighted by molar-refractivity contribution is 5.78. The fraction of sp³-hybridized carbons (Fsp3) is 0.923. The van der Waals surface area contributed by atoms with E-state index in [1.54, 1.807) is 7.11 Å². The first-order valence-electron chi connectivity index (χ1n) is 6.68. The third-order valence-electron chi connectivity index (χ3n) is 2.93. The second-order valence-corrected chi connectivity index (χ2v) is 4.28. The monoisotopic (exact) mass is 244 g/mol. The van der Waals surface area contributed by atoms with Gasteiger partial charge in [-0.3, -0.25) is 4.79 Å². The van der Waals surface area contributed by atoms with Crippen molar-refractivity contribution in [2.45, 2.75) is 33.6 Å². The average Bonchev–Trinajstić information content (AvgIpc) is 2.34. The van der Waals surface area contributed by atoms with Gasteiger partial charge in [0.15, 0.2) is 0 Å². The van der Waals surface area contributed by atoms with Gasteiger partial charge in [0.25, 0.3) is 0 Å². The summed E-state index contributed by atoms with van der Waals surface area (Å²) < 4.78 is 4.92. The van der Waals surface area contributed by atoms with Crippen LogP contribution in [-0.4, -0.2) is 50.7 Å². The van der Waals surface area contributed by atoms with E-state index in [-0.39, 0.29) is 11.8 Å². The van der Waals surface area contributed by atoms with E-state index in [1.165, 1.54) is 0 Å². The summed E-state index contributed by atoms with van der Waals surface area (Å²) >= 11 is 0. The largest absolute Gasteiger partial charge is 0.383 e. The van der Waals surface area contributed by atoms with Crippen molar-refractivity contribution < 1.29 is 9.53 Å². The van der Waals surface area contributed by atoms with E-state index in [1.807, 2.05) is 0 Å². The lowest BCUT2D eigenvalue weighted by molar-refractivity contribution is -0.125. The van der Waals surface area contributed by atoms with Gasteiger partial charge in [0.05, 0.1) is 12.5 Å². The van der Waals surface area contributed by atoms with Crippen LogP contribution in [0.3, 0.4) is 0 Å². The average molecular weight is 244 g/mol. The van der Waals surface area contributed by atoms with Gasteiger partial charge >= 0.3 is 0 Å². The van der Waals surface area contributed by atoms with E-state index in [0.29, 0.717) is 13.2 Å². The highest BCUT2D eigenvalue weighted by Crippen LogP contribution is 2.06. The van der Waals surface area contributed by atoms with Crippen LogP contribution in [0.1, 0.15) is 33.6 Å². The third kappa shape index (κ3) is 7.34. The van der Waals surface area contributed by atoms with Crippen LogP contribution in [0.15, 0.2) is 0 Å². The van der Waals surface area contributed by atoms with Crippen LogP contribution >= 0.6 is 0 Å².